The Morgan fingerprint density at radius 3 is 2.60 bits per heavy atom. The first-order chi connectivity index (χ1) is 16.6. The topological polar surface area (TPSA) is 108 Å². The van der Waals surface area contributed by atoms with Gasteiger partial charge in [0.05, 0.1) is 29.0 Å². The summed E-state index contributed by atoms with van der Waals surface area (Å²) in [5.74, 6) is -0.545. The van der Waals surface area contributed by atoms with Gasteiger partial charge in [-0.25, -0.2) is 14.2 Å². The number of halogens is 4. The average molecular weight is 484 g/mol. The lowest BCUT2D eigenvalue weighted by molar-refractivity contribution is -0.136. The quantitative estimate of drug-likeness (QED) is 0.330. The zero-order chi connectivity index (χ0) is 24.9. The van der Waals surface area contributed by atoms with E-state index in [9.17, 15) is 27.2 Å². The van der Waals surface area contributed by atoms with Crippen LogP contribution in [-0.2, 0) is 6.18 Å². The van der Waals surface area contributed by atoms with Crippen LogP contribution in [0.5, 0.6) is 0 Å². The molecule has 0 aliphatic heterocycles. The summed E-state index contributed by atoms with van der Waals surface area (Å²) in [5, 5.41) is 2.54. The number of imidazole rings is 1. The molecule has 0 aliphatic rings. The molecule has 0 aliphatic carbocycles. The van der Waals surface area contributed by atoms with Gasteiger partial charge in [-0.15, -0.1) is 0 Å². The number of rotatable bonds is 4. The molecule has 5 aromatic rings. The summed E-state index contributed by atoms with van der Waals surface area (Å²) in [6, 6.07) is 9.09. The first-order valence-corrected chi connectivity index (χ1v) is 10.4. The van der Waals surface area contributed by atoms with Crippen LogP contribution in [0, 0.1) is 5.82 Å². The molecule has 2 aromatic carbocycles. The number of anilines is 1. The summed E-state index contributed by atoms with van der Waals surface area (Å²) in [6.45, 7) is 1.63. The van der Waals surface area contributed by atoms with E-state index in [1.807, 2.05) is 0 Å². The van der Waals surface area contributed by atoms with Crippen LogP contribution >= 0.6 is 0 Å². The number of aromatic nitrogens is 5. The Balaban J connectivity index is 1.77. The molecule has 0 radical (unpaired) electrons. The third-order valence-corrected chi connectivity index (χ3v) is 5.56. The normalized spacial score (nSPS) is 12.8. The minimum Gasteiger partial charge on any atom is -0.360 e. The first-order valence-electron chi connectivity index (χ1n) is 10.4. The van der Waals surface area contributed by atoms with Crippen molar-refractivity contribution in [3.8, 4) is 5.69 Å². The second-order valence-electron chi connectivity index (χ2n) is 7.84. The molecule has 0 saturated heterocycles. The lowest BCUT2D eigenvalue weighted by atomic mass is 10.0. The smallest absolute Gasteiger partial charge is 0.360 e. The molecule has 3 heterocycles. The Morgan fingerprint density at radius 1 is 1.09 bits per heavy atom. The molecule has 1 atom stereocenters. The second kappa shape index (κ2) is 8.08. The monoisotopic (exact) mass is 484 g/mol. The fourth-order valence-electron chi connectivity index (χ4n) is 4.06. The van der Waals surface area contributed by atoms with E-state index in [0.29, 0.717) is 5.52 Å². The predicted molar refractivity (Wildman–Crippen MR) is 121 cm³/mol. The van der Waals surface area contributed by atoms with Gasteiger partial charge in [-0.2, -0.15) is 18.2 Å². The second-order valence-corrected chi connectivity index (χ2v) is 7.84. The summed E-state index contributed by atoms with van der Waals surface area (Å²) in [4.78, 5) is 38.7. The fraction of sp³-hybridized carbons (Fsp3) is 0.130. The molecule has 0 saturated carbocycles. The van der Waals surface area contributed by atoms with Crippen molar-refractivity contribution in [2.45, 2.75) is 19.1 Å². The molecule has 0 amide bonds. The van der Waals surface area contributed by atoms with E-state index in [4.69, 9.17) is 0 Å². The van der Waals surface area contributed by atoms with Gasteiger partial charge in [0.15, 0.2) is 11.5 Å². The maximum atomic E-state index is 14.1. The molecule has 3 N–H and O–H groups in total. The van der Waals surface area contributed by atoms with Crippen LogP contribution in [0.15, 0.2) is 64.4 Å². The fourth-order valence-corrected chi connectivity index (χ4v) is 4.06. The van der Waals surface area contributed by atoms with Crippen molar-refractivity contribution in [1.29, 1.82) is 0 Å². The number of aromatic amines is 2. The predicted octanol–water partition coefficient (Wildman–Crippen LogP) is 4.28. The molecule has 3 aromatic heterocycles. The average Bonchev–Trinajstić information content (AvgIpc) is 3.26. The molecule has 12 heteroatoms. The van der Waals surface area contributed by atoms with Crippen LogP contribution in [0.1, 0.15) is 24.2 Å². The molecule has 35 heavy (non-hydrogen) atoms. The SMILES string of the molecule is C[C@H](Nc1nc(=O)[nH]c2nc[nH]c12)c1cc2cccc(C(F)(F)F)c2c(=O)n1-c1cccc(F)c1. The van der Waals surface area contributed by atoms with E-state index in [-0.39, 0.29) is 28.2 Å². The molecule has 8 nitrogen and oxygen atoms in total. The maximum absolute atomic E-state index is 14.1. The molecular weight excluding hydrogens is 468 g/mol. The number of hydrogen-bond acceptors (Lipinski definition) is 5. The highest BCUT2D eigenvalue weighted by Gasteiger charge is 2.34. The third kappa shape index (κ3) is 3.92. The van der Waals surface area contributed by atoms with Crippen LogP contribution in [0.25, 0.3) is 27.6 Å². The van der Waals surface area contributed by atoms with Crippen molar-refractivity contribution in [2.75, 3.05) is 5.32 Å². The largest absolute Gasteiger partial charge is 0.417 e. The van der Waals surface area contributed by atoms with Crippen LogP contribution in [-0.4, -0.2) is 24.5 Å². The number of fused-ring (bicyclic) bond motifs is 2. The van der Waals surface area contributed by atoms with E-state index >= 15 is 0 Å². The number of alkyl halides is 3. The summed E-state index contributed by atoms with van der Waals surface area (Å²) in [5.41, 5.74) is -1.82. The van der Waals surface area contributed by atoms with Gasteiger partial charge >= 0.3 is 11.9 Å². The van der Waals surface area contributed by atoms with Gasteiger partial charge in [0, 0.05) is 5.69 Å². The van der Waals surface area contributed by atoms with Crippen molar-refractivity contribution in [3.63, 3.8) is 0 Å². The van der Waals surface area contributed by atoms with Crippen LogP contribution < -0.4 is 16.6 Å². The molecule has 0 bridgehead atoms. The van der Waals surface area contributed by atoms with Crippen molar-refractivity contribution < 1.29 is 17.6 Å². The van der Waals surface area contributed by atoms with Gasteiger partial charge in [-0.1, -0.05) is 18.2 Å². The van der Waals surface area contributed by atoms with Gasteiger partial charge in [0.25, 0.3) is 5.56 Å². The number of nitrogens with zero attached hydrogens (tertiary/aromatic N) is 3. The van der Waals surface area contributed by atoms with E-state index < -0.39 is 40.2 Å². The number of pyridine rings is 1. The molecule has 178 valence electrons. The van der Waals surface area contributed by atoms with Gasteiger partial charge in [0.1, 0.15) is 11.3 Å². The Kier molecular flexibility index (Phi) is 5.15. The molecule has 0 unspecified atom stereocenters. The Labute approximate surface area is 193 Å². The Hall–Kier alpha value is -4.48. The van der Waals surface area contributed by atoms with Gasteiger partial charge in [0.2, 0.25) is 0 Å². The summed E-state index contributed by atoms with van der Waals surface area (Å²) in [7, 11) is 0. The lowest BCUT2D eigenvalue weighted by Crippen LogP contribution is -2.27. The van der Waals surface area contributed by atoms with Crippen molar-refractivity contribution >= 4 is 27.8 Å². The number of nitrogens with one attached hydrogen (secondary N) is 3. The minimum absolute atomic E-state index is 0.0445. The highest BCUT2D eigenvalue weighted by molar-refractivity contribution is 5.87. The first kappa shape index (κ1) is 22.3. The van der Waals surface area contributed by atoms with E-state index in [2.05, 4.69) is 25.3 Å². The molecular formula is C23H16F4N6O2. The van der Waals surface area contributed by atoms with Gasteiger partial charge in [-0.3, -0.25) is 14.3 Å². The molecule has 5 rings (SSSR count). The molecule has 0 spiro atoms. The van der Waals surface area contributed by atoms with Crippen molar-refractivity contribution in [2.24, 2.45) is 0 Å². The van der Waals surface area contributed by atoms with Crippen molar-refractivity contribution in [3.05, 3.63) is 92.8 Å². The Bertz CT molecular complexity index is 1700. The van der Waals surface area contributed by atoms with Gasteiger partial charge < -0.3 is 10.3 Å². The number of hydrogen-bond donors (Lipinski definition) is 3. The van der Waals surface area contributed by atoms with Crippen molar-refractivity contribution in [1.82, 2.24) is 24.5 Å². The standard InChI is InChI=1S/C23H16F4N6O2/c1-11(30-20-18-19(29-10-28-18)31-22(35)32-20)16-8-12-4-2-7-15(23(25,26)27)17(12)21(34)33(16)14-6-3-5-13(24)9-14/h2-11H,1H3,(H3,28,29,30,31,32,35)/t11-/m0/s1. The zero-order valence-electron chi connectivity index (χ0n) is 17.9. The maximum Gasteiger partial charge on any atom is 0.417 e. The number of benzene rings is 2. The lowest BCUT2D eigenvalue weighted by Gasteiger charge is -2.22. The zero-order valence-corrected chi connectivity index (χ0v) is 17.9. The number of H-pyrrole nitrogens is 2. The third-order valence-electron chi connectivity index (χ3n) is 5.56. The highest BCUT2D eigenvalue weighted by atomic mass is 19.4. The van der Waals surface area contributed by atoms with Crippen LogP contribution in [0.3, 0.4) is 0 Å². The van der Waals surface area contributed by atoms with Gasteiger partial charge in [-0.05, 0) is 42.6 Å². The van der Waals surface area contributed by atoms with Crippen LogP contribution in [0.4, 0.5) is 23.4 Å². The Morgan fingerprint density at radius 2 is 1.86 bits per heavy atom. The van der Waals surface area contributed by atoms with E-state index in [0.717, 1.165) is 22.8 Å². The summed E-state index contributed by atoms with van der Waals surface area (Å²) < 4.78 is 56.3. The van der Waals surface area contributed by atoms with E-state index in [1.165, 1.54) is 36.7 Å². The van der Waals surface area contributed by atoms with Crippen LogP contribution in [0.2, 0.25) is 0 Å². The summed E-state index contributed by atoms with van der Waals surface area (Å²) in [6.07, 6.45) is -3.42. The van der Waals surface area contributed by atoms with E-state index in [1.54, 1.807) is 6.92 Å². The minimum atomic E-state index is -4.77. The molecule has 0 fully saturated rings. The highest BCUT2D eigenvalue weighted by Crippen LogP contribution is 2.34. The summed E-state index contributed by atoms with van der Waals surface area (Å²) >= 11 is 0.